The van der Waals surface area contributed by atoms with Gasteiger partial charge in [0, 0.05) is 5.69 Å². The van der Waals surface area contributed by atoms with Crippen molar-refractivity contribution in [3.05, 3.63) is 54.1 Å². The van der Waals surface area contributed by atoms with E-state index in [9.17, 15) is 4.79 Å². The Bertz CT molecular complexity index is 823. The number of hydrogen-bond acceptors (Lipinski definition) is 4. The quantitative estimate of drug-likeness (QED) is 0.810. The Morgan fingerprint density at radius 1 is 1.22 bits per heavy atom. The molecule has 2 aromatic carbocycles. The number of benzene rings is 2. The lowest BCUT2D eigenvalue weighted by atomic mass is 10.2. The van der Waals surface area contributed by atoms with Crippen LogP contribution in [0.5, 0.6) is 5.75 Å². The van der Waals surface area contributed by atoms with E-state index in [1.807, 2.05) is 25.1 Å². The van der Waals surface area contributed by atoms with E-state index in [0.717, 1.165) is 37.6 Å². The zero-order valence-electron chi connectivity index (χ0n) is 15.6. The molecule has 1 aliphatic heterocycles. The number of ether oxygens (including phenoxy) is 1. The molecule has 3 rings (SSSR count). The highest BCUT2D eigenvalue weighted by atomic mass is 16.5. The topological polar surface area (TPSA) is 69.8 Å². The van der Waals surface area contributed by atoms with Crippen molar-refractivity contribution in [3.8, 4) is 11.8 Å². The molecule has 1 amide bonds. The van der Waals surface area contributed by atoms with Crippen molar-refractivity contribution in [2.24, 2.45) is 0 Å². The van der Waals surface area contributed by atoms with Crippen LogP contribution in [0, 0.1) is 11.3 Å². The maximum absolute atomic E-state index is 12.3. The summed E-state index contributed by atoms with van der Waals surface area (Å²) in [6.45, 7) is 6.63. The Labute approximate surface area is 160 Å². The first-order valence-corrected chi connectivity index (χ1v) is 9.30. The van der Waals surface area contributed by atoms with Crippen molar-refractivity contribution in [3.63, 3.8) is 0 Å². The first kappa shape index (κ1) is 18.7. The van der Waals surface area contributed by atoms with Crippen molar-refractivity contribution >= 4 is 17.3 Å². The number of rotatable bonds is 6. The largest absolute Gasteiger partial charge is 0.492 e. The SMILES string of the molecule is CCOc1ccccc1N1CC[NH+](CC(=O)Nc2cccc(C#N)c2)CC1. The average Bonchev–Trinajstić information content (AvgIpc) is 2.69. The van der Waals surface area contributed by atoms with Crippen molar-refractivity contribution in [2.75, 3.05) is 49.5 Å². The van der Waals surface area contributed by atoms with Gasteiger partial charge in [0.15, 0.2) is 6.54 Å². The fourth-order valence-corrected chi connectivity index (χ4v) is 3.34. The second kappa shape index (κ2) is 9.06. The van der Waals surface area contributed by atoms with Crippen LogP contribution >= 0.6 is 0 Å². The van der Waals surface area contributed by atoms with Crippen LogP contribution in [0.3, 0.4) is 0 Å². The van der Waals surface area contributed by atoms with Gasteiger partial charge >= 0.3 is 0 Å². The molecule has 0 saturated carbocycles. The van der Waals surface area contributed by atoms with Crippen LogP contribution < -0.4 is 19.9 Å². The minimum atomic E-state index is -0.0248. The number of hydrogen-bond donors (Lipinski definition) is 2. The lowest BCUT2D eigenvalue weighted by molar-refractivity contribution is -0.892. The van der Waals surface area contributed by atoms with Gasteiger partial charge in [0.2, 0.25) is 0 Å². The molecule has 140 valence electrons. The Hall–Kier alpha value is -3.04. The molecule has 1 saturated heterocycles. The predicted molar refractivity (Wildman–Crippen MR) is 105 cm³/mol. The second-order valence-electron chi connectivity index (χ2n) is 6.56. The minimum absolute atomic E-state index is 0.0248. The Kier molecular flexibility index (Phi) is 6.29. The van der Waals surface area contributed by atoms with Crippen LogP contribution in [-0.4, -0.2) is 45.2 Å². The number of nitrogens with one attached hydrogen (secondary N) is 2. The molecule has 0 spiro atoms. The van der Waals surface area contributed by atoms with Gasteiger partial charge in [-0.1, -0.05) is 18.2 Å². The Morgan fingerprint density at radius 2 is 2.00 bits per heavy atom. The fourth-order valence-electron chi connectivity index (χ4n) is 3.34. The van der Waals surface area contributed by atoms with Crippen molar-refractivity contribution in [1.29, 1.82) is 5.26 Å². The van der Waals surface area contributed by atoms with Crippen LogP contribution in [0.15, 0.2) is 48.5 Å². The molecule has 0 atom stereocenters. The maximum Gasteiger partial charge on any atom is 0.279 e. The molecule has 1 heterocycles. The van der Waals surface area contributed by atoms with Gasteiger partial charge in [-0.3, -0.25) is 4.79 Å². The predicted octanol–water partition coefficient (Wildman–Crippen LogP) is 1.30. The van der Waals surface area contributed by atoms with E-state index in [1.165, 1.54) is 4.90 Å². The Balaban J connectivity index is 1.52. The smallest absolute Gasteiger partial charge is 0.279 e. The lowest BCUT2D eigenvalue weighted by Gasteiger charge is -2.34. The highest BCUT2D eigenvalue weighted by Gasteiger charge is 2.24. The van der Waals surface area contributed by atoms with Crippen LogP contribution in [0.2, 0.25) is 0 Å². The van der Waals surface area contributed by atoms with Gasteiger partial charge in [-0.15, -0.1) is 0 Å². The second-order valence-corrected chi connectivity index (χ2v) is 6.56. The van der Waals surface area contributed by atoms with Crippen molar-refractivity contribution in [2.45, 2.75) is 6.92 Å². The number of piperazine rings is 1. The molecule has 0 aliphatic carbocycles. The van der Waals surface area contributed by atoms with E-state index < -0.39 is 0 Å². The normalized spacial score (nSPS) is 14.4. The third kappa shape index (κ3) is 4.99. The summed E-state index contributed by atoms with van der Waals surface area (Å²) < 4.78 is 5.73. The lowest BCUT2D eigenvalue weighted by Crippen LogP contribution is -3.15. The summed E-state index contributed by atoms with van der Waals surface area (Å²) in [6.07, 6.45) is 0. The molecule has 1 aliphatic rings. The molecule has 2 aromatic rings. The Morgan fingerprint density at radius 3 is 2.74 bits per heavy atom. The summed E-state index contributed by atoms with van der Waals surface area (Å²) in [5.74, 6) is 0.891. The zero-order chi connectivity index (χ0) is 19.1. The highest BCUT2D eigenvalue weighted by Crippen LogP contribution is 2.27. The number of nitriles is 1. The molecule has 1 fully saturated rings. The number of amides is 1. The molecule has 6 heteroatoms. The fraction of sp³-hybridized carbons (Fsp3) is 0.333. The number of carbonyl (C=O) groups is 1. The molecule has 27 heavy (non-hydrogen) atoms. The third-order valence-corrected chi connectivity index (χ3v) is 4.66. The number of anilines is 2. The van der Waals surface area contributed by atoms with Gasteiger partial charge in [-0.05, 0) is 37.3 Å². The number of nitrogens with zero attached hydrogens (tertiary/aromatic N) is 2. The van der Waals surface area contributed by atoms with Crippen LogP contribution in [0.25, 0.3) is 0 Å². The van der Waals surface area contributed by atoms with Crippen LogP contribution in [0.4, 0.5) is 11.4 Å². The number of carbonyl (C=O) groups excluding carboxylic acids is 1. The number of para-hydroxylation sites is 2. The van der Waals surface area contributed by atoms with Crippen molar-refractivity contribution in [1.82, 2.24) is 0 Å². The molecule has 0 unspecified atom stereocenters. The van der Waals surface area contributed by atoms with Gasteiger partial charge < -0.3 is 19.9 Å². The summed E-state index contributed by atoms with van der Waals surface area (Å²) in [4.78, 5) is 15.9. The van der Waals surface area contributed by atoms with Gasteiger partial charge in [0.25, 0.3) is 5.91 Å². The summed E-state index contributed by atoms with van der Waals surface area (Å²) in [7, 11) is 0. The third-order valence-electron chi connectivity index (χ3n) is 4.66. The molecule has 6 nitrogen and oxygen atoms in total. The van der Waals surface area contributed by atoms with Crippen LogP contribution in [-0.2, 0) is 4.79 Å². The molecule has 0 radical (unpaired) electrons. The highest BCUT2D eigenvalue weighted by molar-refractivity contribution is 5.91. The first-order chi connectivity index (χ1) is 13.2. The average molecular weight is 365 g/mol. The molecule has 2 N–H and O–H groups in total. The van der Waals surface area contributed by atoms with E-state index in [2.05, 4.69) is 22.4 Å². The van der Waals surface area contributed by atoms with E-state index >= 15 is 0 Å². The van der Waals surface area contributed by atoms with Gasteiger partial charge in [-0.25, -0.2) is 0 Å². The van der Waals surface area contributed by atoms with Crippen LogP contribution in [0.1, 0.15) is 12.5 Å². The minimum Gasteiger partial charge on any atom is -0.492 e. The summed E-state index contributed by atoms with van der Waals surface area (Å²) in [5, 5.41) is 11.8. The van der Waals surface area contributed by atoms with Crippen molar-refractivity contribution < 1.29 is 14.4 Å². The molecular formula is C21H25N4O2+. The zero-order valence-corrected chi connectivity index (χ0v) is 15.6. The molecule has 0 aromatic heterocycles. The monoisotopic (exact) mass is 365 g/mol. The number of quaternary nitrogens is 1. The first-order valence-electron chi connectivity index (χ1n) is 9.30. The van der Waals surface area contributed by atoms with E-state index in [1.54, 1.807) is 24.3 Å². The summed E-state index contributed by atoms with van der Waals surface area (Å²) >= 11 is 0. The van der Waals surface area contributed by atoms with E-state index in [-0.39, 0.29) is 5.91 Å². The maximum atomic E-state index is 12.3. The summed E-state index contributed by atoms with van der Waals surface area (Å²) in [6, 6.07) is 17.2. The van der Waals surface area contributed by atoms with Gasteiger partial charge in [0.05, 0.1) is 50.1 Å². The van der Waals surface area contributed by atoms with E-state index in [0.29, 0.717) is 24.4 Å². The summed E-state index contributed by atoms with van der Waals surface area (Å²) in [5.41, 5.74) is 2.33. The molecule has 0 bridgehead atoms. The van der Waals surface area contributed by atoms with Gasteiger partial charge in [0.1, 0.15) is 5.75 Å². The standard InChI is InChI=1S/C21H24N4O2/c1-2-27-20-9-4-3-8-19(20)25-12-10-24(11-13-25)16-21(26)23-18-7-5-6-17(14-18)15-22/h3-9,14H,2,10-13,16H2,1H3,(H,23,26)/p+1. The van der Waals surface area contributed by atoms with E-state index in [4.69, 9.17) is 10.00 Å². The molecular weight excluding hydrogens is 340 g/mol. The van der Waals surface area contributed by atoms with Gasteiger partial charge in [-0.2, -0.15) is 5.26 Å².